The fraction of sp³-hybridized carbons (Fsp3) is 0.421. The highest BCUT2D eigenvalue weighted by atomic mass is 16.1. The minimum atomic E-state index is -0.0764. The van der Waals surface area contributed by atoms with Gasteiger partial charge in [-0.1, -0.05) is 6.92 Å². The summed E-state index contributed by atoms with van der Waals surface area (Å²) in [7, 11) is 0. The van der Waals surface area contributed by atoms with E-state index in [2.05, 4.69) is 27.4 Å². The normalized spacial score (nSPS) is 17.2. The Morgan fingerprint density at radius 2 is 1.92 bits per heavy atom. The third kappa shape index (κ3) is 4.68. The van der Waals surface area contributed by atoms with Crippen molar-refractivity contribution in [1.82, 2.24) is 9.97 Å². The van der Waals surface area contributed by atoms with E-state index < -0.39 is 0 Å². The molecule has 1 aliphatic rings. The lowest BCUT2D eigenvalue weighted by Gasteiger charge is -2.31. The summed E-state index contributed by atoms with van der Waals surface area (Å²) in [5.41, 5.74) is 2.64. The second-order valence-corrected chi connectivity index (χ2v) is 6.77. The second kappa shape index (κ2) is 7.51. The zero-order valence-corrected chi connectivity index (χ0v) is 15.0. The number of benzene rings is 1. The molecule has 25 heavy (non-hydrogen) atoms. The molecule has 0 aliphatic carbocycles. The standard InChI is InChI=1S/C19H25N5O/c1-13-5-4-10-24(12-13)19-20-14(2)11-18(23-19)22-17-8-6-16(7-9-17)21-15(3)25/h6-9,11,13H,4-5,10,12H2,1-3H3,(H,21,25)(H,20,22,23). The number of carbonyl (C=O) groups excluding carboxylic acids is 1. The molecule has 1 aliphatic heterocycles. The Morgan fingerprint density at radius 3 is 2.60 bits per heavy atom. The van der Waals surface area contributed by atoms with Crippen molar-refractivity contribution in [3.05, 3.63) is 36.0 Å². The van der Waals surface area contributed by atoms with Crippen molar-refractivity contribution < 1.29 is 4.79 Å². The van der Waals surface area contributed by atoms with Gasteiger partial charge in [-0.25, -0.2) is 4.98 Å². The Bertz CT molecular complexity index is 744. The van der Waals surface area contributed by atoms with Gasteiger partial charge in [-0.3, -0.25) is 4.79 Å². The summed E-state index contributed by atoms with van der Waals surface area (Å²) in [6, 6.07) is 9.52. The fourth-order valence-electron chi connectivity index (χ4n) is 3.12. The van der Waals surface area contributed by atoms with Crippen molar-refractivity contribution in [3.8, 4) is 0 Å². The average Bonchev–Trinajstić information content (AvgIpc) is 2.56. The number of nitrogens with zero attached hydrogens (tertiary/aromatic N) is 3. The molecule has 0 bridgehead atoms. The number of hydrogen-bond donors (Lipinski definition) is 2. The van der Waals surface area contributed by atoms with E-state index in [1.807, 2.05) is 37.3 Å². The maximum Gasteiger partial charge on any atom is 0.227 e. The molecule has 2 aromatic rings. The van der Waals surface area contributed by atoms with Crippen molar-refractivity contribution >= 4 is 29.0 Å². The molecule has 1 atom stereocenters. The Morgan fingerprint density at radius 1 is 1.20 bits per heavy atom. The summed E-state index contributed by atoms with van der Waals surface area (Å²) < 4.78 is 0. The third-order valence-corrected chi connectivity index (χ3v) is 4.26. The summed E-state index contributed by atoms with van der Waals surface area (Å²) in [6.45, 7) is 7.78. The van der Waals surface area contributed by atoms with Crippen LogP contribution in [0.4, 0.5) is 23.1 Å². The van der Waals surface area contributed by atoms with Crippen molar-refractivity contribution in [2.45, 2.75) is 33.6 Å². The number of piperidine rings is 1. The van der Waals surface area contributed by atoms with Crippen LogP contribution in [0.1, 0.15) is 32.4 Å². The lowest BCUT2D eigenvalue weighted by molar-refractivity contribution is -0.114. The van der Waals surface area contributed by atoms with Gasteiger partial charge in [-0.15, -0.1) is 0 Å². The summed E-state index contributed by atoms with van der Waals surface area (Å²) in [4.78, 5) is 22.7. The van der Waals surface area contributed by atoms with Crippen LogP contribution < -0.4 is 15.5 Å². The molecular formula is C19H25N5O. The number of carbonyl (C=O) groups is 1. The van der Waals surface area contributed by atoms with Gasteiger partial charge in [0.15, 0.2) is 0 Å². The molecule has 1 unspecified atom stereocenters. The van der Waals surface area contributed by atoms with Crippen LogP contribution in [0.2, 0.25) is 0 Å². The van der Waals surface area contributed by atoms with Crippen molar-refractivity contribution in [1.29, 1.82) is 0 Å². The summed E-state index contributed by atoms with van der Waals surface area (Å²) in [5.74, 6) is 2.18. The first-order valence-corrected chi connectivity index (χ1v) is 8.75. The van der Waals surface area contributed by atoms with Crippen LogP contribution in [-0.2, 0) is 4.79 Å². The first kappa shape index (κ1) is 17.2. The molecule has 1 amide bonds. The topological polar surface area (TPSA) is 70.2 Å². The highest BCUT2D eigenvalue weighted by Gasteiger charge is 2.19. The minimum Gasteiger partial charge on any atom is -0.340 e. The van der Waals surface area contributed by atoms with Crippen molar-refractivity contribution in [2.75, 3.05) is 28.6 Å². The monoisotopic (exact) mass is 339 g/mol. The highest BCUT2D eigenvalue weighted by Crippen LogP contribution is 2.23. The molecule has 6 nitrogen and oxygen atoms in total. The molecule has 1 aromatic heterocycles. The van der Waals surface area contributed by atoms with Crippen molar-refractivity contribution in [3.63, 3.8) is 0 Å². The smallest absolute Gasteiger partial charge is 0.227 e. The number of aromatic nitrogens is 2. The van der Waals surface area contributed by atoms with Gasteiger partial charge in [-0.2, -0.15) is 4.98 Å². The van der Waals surface area contributed by atoms with Gasteiger partial charge in [0.05, 0.1) is 0 Å². The Hall–Kier alpha value is -2.63. The molecule has 3 rings (SSSR count). The Kier molecular flexibility index (Phi) is 5.16. The van der Waals surface area contributed by atoms with E-state index in [0.717, 1.165) is 41.9 Å². The Balaban J connectivity index is 1.75. The zero-order valence-electron chi connectivity index (χ0n) is 15.0. The molecule has 6 heteroatoms. The van der Waals surface area contributed by atoms with Crippen LogP contribution in [0.3, 0.4) is 0 Å². The summed E-state index contributed by atoms with van der Waals surface area (Å²) >= 11 is 0. The second-order valence-electron chi connectivity index (χ2n) is 6.77. The van der Waals surface area contributed by atoms with Crippen LogP contribution in [-0.4, -0.2) is 29.0 Å². The minimum absolute atomic E-state index is 0.0764. The molecule has 2 N–H and O–H groups in total. The first-order chi connectivity index (χ1) is 12.0. The van der Waals surface area contributed by atoms with Gasteiger partial charge in [0, 0.05) is 43.1 Å². The van der Waals surface area contributed by atoms with Gasteiger partial charge in [0.2, 0.25) is 11.9 Å². The Labute approximate surface area is 148 Å². The average molecular weight is 339 g/mol. The molecule has 0 spiro atoms. The predicted octanol–water partition coefficient (Wildman–Crippen LogP) is 3.72. The van der Waals surface area contributed by atoms with Gasteiger partial charge in [0.25, 0.3) is 0 Å². The zero-order chi connectivity index (χ0) is 17.8. The lowest BCUT2D eigenvalue weighted by Crippen LogP contribution is -2.35. The van der Waals surface area contributed by atoms with Crippen LogP contribution in [0.5, 0.6) is 0 Å². The SMILES string of the molecule is CC(=O)Nc1ccc(Nc2cc(C)nc(N3CCCC(C)C3)n2)cc1. The van der Waals surface area contributed by atoms with E-state index in [1.165, 1.54) is 19.8 Å². The summed E-state index contributed by atoms with van der Waals surface area (Å²) in [5, 5.41) is 6.09. The van der Waals surface area contributed by atoms with Crippen LogP contribution in [0, 0.1) is 12.8 Å². The van der Waals surface area contributed by atoms with E-state index >= 15 is 0 Å². The quantitative estimate of drug-likeness (QED) is 0.888. The molecule has 1 saturated heterocycles. The predicted molar refractivity (Wildman–Crippen MR) is 101 cm³/mol. The molecular weight excluding hydrogens is 314 g/mol. The molecule has 0 saturated carbocycles. The summed E-state index contributed by atoms with van der Waals surface area (Å²) in [6.07, 6.45) is 2.46. The van der Waals surface area contributed by atoms with E-state index in [-0.39, 0.29) is 5.91 Å². The molecule has 1 aromatic carbocycles. The van der Waals surface area contributed by atoms with Gasteiger partial charge < -0.3 is 15.5 Å². The third-order valence-electron chi connectivity index (χ3n) is 4.26. The van der Waals surface area contributed by atoms with E-state index in [1.54, 1.807) is 0 Å². The van der Waals surface area contributed by atoms with E-state index in [0.29, 0.717) is 5.92 Å². The largest absolute Gasteiger partial charge is 0.340 e. The molecule has 0 radical (unpaired) electrons. The van der Waals surface area contributed by atoms with Crippen LogP contribution >= 0.6 is 0 Å². The highest BCUT2D eigenvalue weighted by molar-refractivity contribution is 5.88. The van der Waals surface area contributed by atoms with E-state index in [9.17, 15) is 4.79 Å². The fourth-order valence-corrected chi connectivity index (χ4v) is 3.12. The van der Waals surface area contributed by atoms with E-state index in [4.69, 9.17) is 4.98 Å². The number of nitrogens with one attached hydrogen (secondary N) is 2. The number of hydrogen-bond acceptors (Lipinski definition) is 5. The van der Waals surface area contributed by atoms with Crippen LogP contribution in [0.25, 0.3) is 0 Å². The lowest BCUT2D eigenvalue weighted by atomic mass is 10.0. The molecule has 1 fully saturated rings. The first-order valence-electron chi connectivity index (χ1n) is 8.75. The number of anilines is 4. The maximum absolute atomic E-state index is 11.1. The van der Waals surface area contributed by atoms with Crippen LogP contribution in [0.15, 0.2) is 30.3 Å². The molecule has 132 valence electrons. The van der Waals surface area contributed by atoms with Gasteiger partial charge >= 0.3 is 0 Å². The molecule has 2 heterocycles. The van der Waals surface area contributed by atoms with Crippen molar-refractivity contribution in [2.24, 2.45) is 5.92 Å². The van der Waals surface area contributed by atoms with Gasteiger partial charge in [0.1, 0.15) is 5.82 Å². The maximum atomic E-state index is 11.1. The number of aryl methyl sites for hydroxylation is 1. The van der Waals surface area contributed by atoms with Gasteiger partial charge in [-0.05, 0) is 49.9 Å². The number of amides is 1. The number of rotatable bonds is 4.